The molecule has 0 fully saturated rings. The van der Waals surface area contributed by atoms with E-state index in [9.17, 15) is 0 Å². The fourth-order valence-corrected chi connectivity index (χ4v) is 1.06. The van der Waals surface area contributed by atoms with Crippen molar-refractivity contribution in [3.05, 3.63) is 42.0 Å². The smallest absolute Gasteiger partial charge is 0.0748 e. The van der Waals surface area contributed by atoms with Gasteiger partial charge in [0.05, 0.1) is 4.20 Å². The van der Waals surface area contributed by atoms with Gasteiger partial charge in [0.2, 0.25) is 0 Å². The van der Waals surface area contributed by atoms with Crippen LogP contribution in [0.15, 0.2) is 30.8 Å². The van der Waals surface area contributed by atoms with E-state index in [4.69, 9.17) is 12.2 Å². The van der Waals surface area contributed by atoms with Gasteiger partial charge in [-0.25, -0.2) is 0 Å². The summed E-state index contributed by atoms with van der Waals surface area (Å²) in [7, 11) is 0. The highest BCUT2D eigenvalue weighted by atomic mass is 32.1. The zero-order valence-corrected chi connectivity index (χ0v) is 7.66. The summed E-state index contributed by atoms with van der Waals surface area (Å²) in [6, 6.07) is 7.81. The minimum atomic E-state index is 0.619. The summed E-state index contributed by atoms with van der Waals surface area (Å²) in [4.78, 5) is 0. The predicted molar refractivity (Wildman–Crippen MR) is 57.2 cm³/mol. The maximum atomic E-state index is 4.90. The molecule has 1 aromatic carbocycles. The number of thiocarbonyl (C=S) groups is 1. The molecule has 0 unspecified atom stereocenters. The molecule has 0 bridgehead atoms. The van der Waals surface area contributed by atoms with Crippen LogP contribution in [0.25, 0.3) is 6.08 Å². The predicted octanol–water partition coefficient (Wildman–Crippen LogP) is 2.93. The Kier molecular flexibility index (Phi) is 2.85. The van der Waals surface area contributed by atoms with Crippen LogP contribution in [0.3, 0.4) is 0 Å². The first-order valence-corrected chi connectivity index (χ1v) is 4.05. The maximum Gasteiger partial charge on any atom is 0.0748 e. The van der Waals surface area contributed by atoms with Crippen LogP contribution in [0.1, 0.15) is 11.1 Å². The van der Waals surface area contributed by atoms with Crippen molar-refractivity contribution in [2.75, 3.05) is 0 Å². The van der Waals surface area contributed by atoms with Crippen molar-refractivity contribution < 1.29 is 0 Å². The molecule has 0 aromatic heterocycles. The number of hydrogen-bond donors (Lipinski definition) is 1. The number of thiol groups is 1. The third-order valence-corrected chi connectivity index (χ3v) is 1.86. The van der Waals surface area contributed by atoms with Crippen molar-refractivity contribution in [2.24, 2.45) is 0 Å². The fourth-order valence-electron chi connectivity index (χ4n) is 0.799. The zero-order valence-electron chi connectivity index (χ0n) is 5.95. The Hall–Kier alpha value is -0.600. The third-order valence-electron chi connectivity index (χ3n) is 1.37. The van der Waals surface area contributed by atoms with Gasteiger partial charge in [-0.15, -0.1) is 12.6 Å². The minimum Gasteiger partial charge on any atom is -0.131 e. The molecular formula is C9H8S2. The molecule has 0 saturated carbocycles. The van der Waals surface area contributed by atoms with Gasteiger partial charge in [0, 0.05) is 0 Å². The van der Waals surface area contributed by atoms with Crippen LogP contribution in [0, 0.1) is 0 Å². The highest BCUT2D eigenvalue weighted by Crippen LogP contribution is 2.09. The van der Waals surface area contributed by atoms with E-state index in [0.29, 0.717) is 4.20 Å². The van der Waals surface area contributed by atoms with Crippen molar-refractivity contribution >= 4 is 35.1 Å². The van der Waals surface area contributed by atoms with Gasteiger partial charge in [0.25, 0.3) is 0 Å². The highest BCUT2D eigenvalue weighted by Gasteiger charge is 1.94. The number of benzene rings is 1. The average Bonchev–Trinajstić information content (AvgIpc) is 2.05. The van der Waals surface area contributed by atoms with Crippen LogP contribution < -0.4 is 0 Å². The zero-order chi connectivity index (χ0) is 8.27. The average molecular weight is 180 g/mol. The Morgan fingerprint density at radius 2 is 2.27 bits per heavy atom. The molecule has 0 spiro atoms. The maximum absolute atomic E-state index is 4.90. The van der Waals surface area contributed by atoms with Crippen LogP contribution >= 0.6 is 24.8 Å². The summed E-state index contributed by atoms with van der Waals surface area (Å²) < 4.78 is 0.619. The fraction of sp³-hybridized carbons (Fsp3) is 0. The van der Waals surface area contributed by atoms with E-state index >= 15 is 0 Å². The Balaban J connectivity index is 3.10. The van der Waals surface area contributed by atoms with Gasteiger partial charge in [-0.2, -0.15) is 0 Å². The van der Waals surface area contributed by atoms with E-state index in [1.165, 1.54) is 0 Å². The lowest BCUT2D eigenvalue weighted by atomic mass is 10.1. The number of hydrogen-bond acceptors (Lipinski definition) is 1. The summed E-state index contributed by atoms with van der Waals surface area (Å²) in [5, 5.41) is 0. The van der Waals surface area contributed by atoms with Crippen molar-refractivity contribution in [1.82, 2.24) is 0 Å². The second-order valence-corrected chi connectivity index (χ2v) is 3.29. The van der Waals surface area contributed by atoms with Gasteiger partial charge in [-0.1, -0.05) is 43.1 Å². The monoisotopic (exact) mass is 180 g/mol. The molecule has 2 heteroatoms. The topological polar surface area (TPSA) is 0 Å². The van der Waals surface area contributed by atoms with E-state index in [1.54, 1.807) is 6.08 Å². The van der Waals surface area contributed by atoms with Gasteiger partial charge in [-0.3, -0.25) is 0 Å². The van der Waals surface area contributed by atoms with Crippen molar-refractivity contribution in [2.45, 2.75) is 0 Å². The van der Waals surface area contributed by atoms with E-state index < -0.39 is 0 Å². The second-order valence-electron chi connectivity index (χ2n) is 2.13. The first kappa shape index (κ1) is 8.50. The Bertz CT molecular complexity index is 289. The third kappa shape index (κ3) is 2.17. The van der Waals surface area contributed by atoms with Crippen LogP contribution in [0.5, 0.6) is 0 Å². The van der Waals surface area contributed by atoms with Crippen LogP contribution in [0.4, 0.5) is 0 Å². The summed E-state index contributed by atoms with van der Waals surface area (Å²) in [6.07, 6.45) is 1.79. The SMILES string of the molecule is C=Cc1cccc(C(=S)S)c1. The number of rotatable bonds is 2. The van der Waals surface area contributed by atoms with Crippen LogP contribution in [-0.2, 0) is 0 Å². The lowest BCUT2D eigenvalue weighted by Gasteiger charge is -1.97. The molecule has 0 aliphatic carbocycles. The Morgan fingerprint density at radius 3 is 2.82 bits per heavy atom. The molecule has 0 nitrogen and oxygen atoms in total. The molecule has 0 amide bonds. The Morgan fingerprint density at radius 1 is 1.55 bits per heavy atom. The van der Waals surface area contributed by atoms with Gasteiger partial charge in [0.1, 0.15) is 0 Å². The molecule has 0 aliphatic rings. The highest BCUT2D eigenvalue weighted by molar-refractivity contribution is 8.11. The molecule has 56 valence electrons. The molecule has 11 heavy (non-hydrogen) atoms. The van der Waals surface area contributed by atoms with Gasteiger partial charge < -0.3 is 0 Å². The van der Waals surface area contributed by atoms with Gasteiger partial charge in [0.15, 0.2) is 0 Å². The van der Waals surface area contributed by atoms with Gasteiger partial charge in [-0.05, 0) is 17.2 Å². The van der Waals surface area contributed by atoms with Crippen molar-refractivity contribution in [3.8, 4) is 0 Å². The van der Waals surface area contributed by atoms with E-state index in [1.807, 2.05) is 24.3 Å². The van der Waals surface area contributed by atoms with Crippen LogP contribution in [0.2, 0.25) is 0 Å². The largest absolute Gasteiger partial charge is 0.131 e. The molecule has 0 saturated heterocycles. The standard InChI is InChI=1S/C9H8S2/c1-2-7-4-3-5-8(6-7)9(10)11/h2-6H,1H2,(H,10,11). The molecule has 0 atom stereocenters. The normalized spacial score (nSPS) is 9.18. The summed E-state index contributed by atoms with van der Waals surface area (Å²) in [6.45, 7) is 3.66. The minimum absolute atomic E-state index is 0.619. The molecule has 0 N–H and O–H groups in total. The summed E-state index contributed by atoms with van der Waals surface area (Å²) in [5.74, 6) is 0. The van der Waals surface area contributed by atoms with Crippen molar-refractivity contribution in [1.29, 1.82) is 0 Å². The van der Waals surface area contributed by atoms with E-state index in [-0.39, 0.29) is 0 Å². The Labute approximate surface area is 77.4 Å². The second kappa shape index (κ2) is 3.69. The molecule has 0 heterocycles. The summed E-state index contributed by atoms with van der Waals surface area (Å²) >= 11 is 8.97. The first-order chi connectivity index (χ1) is 5.24. The lowest BCUT2D eigenvalue weighted by Crippen LogP contribution is -1.86. The van der Waals surface area contributed by atoms with E-state index in [0.717, 1.165) is 11.1 Å². The molecule has 1 rings (SSSR count). The summed E-state index contributed by atoms with van der Waals surface area (Å²) in [5.41, 5.74) is 2.04. The van der Waals surface area contributed by atoms with Crippen LogP contribution in [-0.4, -0.2) is 4.20 Å². The molecule has 1 aromatic rings. The lowest BCUT2D eigenvalue weighted by molar-refractivity contribution is 1.64. The molecule has 0 aliphatic heterocycles. The van der Waals surface area contributed by atoms with Gasteiger partial charge >= 0.3 is 0 Å². The quantitative estimate of drug-likeness (QED) is 0.539. The first-order valence-electron chi connectivity index (χ1n) is 3.20. The molecular weight excluding hydrogens is 172 g/mol. The molecule has 0 radical (unpaired) electrons. The van der Waals surface area contributed by atoms with E-state index in [2.05, 4.69) is 19.2 Å². The van der Waals surface area contributed by atoms with Crippen molar-refractivity contribution in [3.63, 3.8) is 0 Å².